The van der Waals surface area contributed by atoms with Crippen molar-refractivity contribution in [1.29, 1.82) is 0 Å². The highest BCUT2D eigenvalue weighted by molar-refractivity contribution is 14.0. The molecule has 0 fully saturated rings. The van der Waals surface area contributed by atoms with Gasteiger partial charge in [0, 0.05) is 19.6 Å². The van der Waals surface area contributed by atoms with E-state index in [1.54, 1.807) is 0 Å². The molecule has 1 aromatic carbocycles. The quantitative estimate of drug-likeness (QED) is 0.352. The maximum atomic E-state index is 11.5. The summed E-state index contributed by atoms with van der Waals surface area (Å²) in [7, 11) is 0. The zero-order chi connectivity index (χ0) is 16.4. The fourth-order valence-corrected chi connectivity index (χ4v) is 2.09. The van der Waals surface area contributed by atoms with E-state index in [2.05, 4.69) is 59.1 Å². The Hall–Kier alpha value is -1.31. The van der Waals surface area contributed by atoms with E-state index in [1.807, 2.05) is 13.8 Å². The lowest BCUT2D eigenvalue weighted by Gasteiger charge is -2.16. The standard InChI is InChI=1S/C17H28N4O.HI/c1-5-18-16(22)12-21-17(19-6-2)20-11-14(4)15-9-7-8-13(3)10-15;/h7-10,14H,5-6,11-12H2,1-4H3,(H,18,22)(H2,19,20,21);1H. The molecule has 5 nitrogen and oxygen atoms in total. The Kier molecular flexibility index (Phi) is 11.5. The van der Waals surface area contributed by atoms with E-state index in [0.29, 0.717) is 18.4 Å². The Balaban J connectivity index is 0.00000484. The van der Waals surface area contributed by atoms with Gasteiger partial charge in [-0.1, -0.05) is 36.8 Å². The number of carbonyl (C=O) groups is 1. The van der Waals surface area contributed by atoms with Crippen molar-refractivity contribution in [2.24, 2.45) is 4.99 Å². The van der Waals surface area contributed by atoms with E-state index in [-0.39, 0.29) is 36.4 Å². The van der Waals surface area contributed by atoms with Gasteiger partial charge in [-0.15, -0.1) is 24.0 Å². The number of nitrogens with one attached hydrogen (secondary N) is 3. The Morgan fingerprint density at radius 1 is 1.17 bits per heavy atom. The Morgan fingerprint density at radius 3 is 2.48 bits per heavy atom. The number of benzene rings is 1. The summed E-state index contributed by atoms with van der Waals surface area (Å²) in [5, 5.41) is 9.19. The molecule has 0 bridgehead atoms. The molecule has 0 radical (unpaired) electrons. The molecule has 6 heteroatoms. The molecular formula is C17H29IN4O. The van der Waals surface area contributed by atoms with Crippen LogP contribution in [-0.2, 0) is 4.79 Å². The Labute approximate surface area is 156 Å². The van der Waals surface area contributed by atoms with Crippen molar-refractivity contribution in [1.82, 2.24) is 16.0 Å². The fourth-order valence-electron chi connectivity index (χ4n) is 2.09. The average Bonchev–Trinajstić information content (AvgIpc) is 2.50. The van der Waals surface area contributed by atoms with Crippen molar-refractivity contribution in [2.45, 2.75) is 33.6 Å². The van der Waals surface area contributed by atoms with Gasteiger partial charge < -0.3 is 16.0 Å². The second-order valence-corrected chi connectivity index (χ2v) is 5.34. The summed E-state index contributed by atoms with van der Waals surface area (Å²) in [4.78, 5) is 15.8. The van der Waals surface area contributed by atoms with Crippen LogP contribution in [0.5, 0.6) is 0 Å². The molecule has 0 spiro atoms. The zero-order valence-electron chi connectivity index (χ0n) is 14.5. The highest BCUT2D eigenvalue weighted by atomic mass is 127. The molecule has 3 N–H and O–H groups in total. The summed E-state index contributed by atoms with van der Waals surface area (Å²) in [6.45, 7) is 10.5. The van der Waals surface area contributed by atoms with E-state index in [0.717, 1.165) is 13.1 Å². The molecule has 0 saturated heterocycles. The average molecular weight is 432 g/mol. The molecule has 1 amide bonds. The summed E-state index contributed by atoms with van der Waals surface area (Å²) in [6.07, 6.45) is 0. The third kappa shape index (κ3) is 8.78. The van der Waals surface area contributed by atoms with Crippen molar-refractivity contribution < 1.29 is 4.79 Å². The van der Waals surface area contributed by atoms with Gasteiger partial charge >= 0.3 is 0 Å². The summed E-state index contributed by atoms with van der Waals surface area (Å²) in [5.41, 5.74) is 2.56. The summed E-state index contributed by atoms with van der Waals surface area (Å²) >= 11 is 0. The van der Waals surface area contributed by atoms with Crippen molar-refractivity contribution in [3.63, 3.8) is 0 Å². The van der Waals surface area contributed by atoms with Crippen LogP contribution in [0.4, 0.5) is 0 Å². The van der Waals surface area contributed by atoms with Crippen molar-refractivity contribution >= 4 is 35.8 Å². The van der Waals surface area contributed by atoms with E-state index < -0.39 is 0 Å². The van der Waals surface area contributed by atoms with Crippen LogP contribution in [0.2, 0.25) is 0 Å². The number of rotatable bonds is 7. The van der Waals surface area contributed by atoms with Gasteiger partial charge in [0.2, 0.25) is 5.91 Å². The fraction of sp³-hybridized carbons (Fsp3) is 0.529. The highest BCUT2D eigenvalue weighted by Gasteiger charge is 2.07. The molecular weight excluding hydrogens is 403 g/mol. The predicted octanol–water partition coefficient (Wildman–Crippen LogP) is 2.41. The van der Waals surface area contributed by atoms with Gasteiger partial charge in [0.25, 0.3) is 0 Å². The second-order valence-electron chi connectivity index (χ2n) is 5.34. The summed E-state index contributed by atoms with van der Waals surface area (Å²) in [5.74, 6) is 0.980. The minimum atomic E-state index is -0.0635. The maximum absolute atomic E-state index is 11.5. The SMILES string of the molecule is CCNC(=O)CN=C(NCC)NCC(C)c1cccc(C)c1.I. The van der Waals surface area contributed by atoms with Crippen molar-refractivity contribution in [3.8, 4) is 0 Å². The summed E-state index contributed by atoms with van der Waals surface area (Å²) in [6, 6.07) is 8.51. The number of likely N-dealkylation sites (N-methyl/N-ethyl adjacent to an activating group) is 1. The Morgan fingerprint density at radius 2 is 1.87 bits per heavy atom. The molecule has 0 aliphatic rings. The first-order chi connectivity index (χ1) is 10.6. The van der Waals surface area contributed by atoms with E-state index in [9.17, 15) is 4.79 Å². The van der Waals surface area contributed by atoms with Crippen LogP contribution in [0.1, 0.15) is 37.8 Å². The predicted molar refractivity (Wildman–Crippen MR) is 108 cm³/mol. The normalized spacial score (nSPS) is 12.1. The number of carbonyl (C=O) groups excluding carboxylic acids is 1. The van der Waals surface area contributed by atoms with Crippen LogP contribution >= 0.6 is 24.0 Å². The molecule has 1 unspecified atom stereocenters. The van der Waals surface area contributed by atoms with E-state index in [4.69, 9.17) is 0 Å². The van der Waals surface area contributed by atoms with Crippen LogP contribution in [0.15, 0.2) is 29.3 Å². The van der Waals surface area contributed by atoms with Crippen LogP contribution in [0.25, 0.3) is 0 Å². The smallest absolute Gasteiger partial charge is 0.241 e. The monoisotopic (exact) mass is 432 g/mol. The van der Waals surface area contributed by atoms with Crippen LogP contribution < -0.4 is 16.0 Å². The van der Waals surface area contributed by atoms with Crippen molar-refractivity contribution in [3.05, 3.63) is 35.4 Å². The molecule has 0 saturated carbocycles. The lowest BCUT2D eigenvalue weighted by molar-refractivity contribution is -0.119. The number of guanidine groups is 1. The molecule has 0 aliphatic carbocycles. The van der Waals surface area contributed by atoms with Gasteiger partial charge in [-0.3, -0.25) is 4.79 Å². The molecule has 1 aromatic rings. The first-order valence-corrected chi connectivity index (χ1v) is 7.92. The number of hydrogen-bond acceptors (Lipinski definition) is 2. The van der Waals surface area contributed by atoms with Gasteiger partial charge in [0.1, 0.15) is 6.54 Å². The minimum Gasteiger partial charge on any atom is -0.357 e. The van der Waals surface area contributed by atoms with Gasteiger partial charge in [-0.05, 0) is 32.3 Å². The zero-order valence-corrected chi connectivity index (χ0v) is 16.8. The molecule has 0 aromatic heterocycles. The molecule has 1 rings (SSSR count). The third-order valence-electron chi connectivity index (χ3n) is 3.29. The largest absolute Gasteiger partial charge is 0.357 e. The van der Waals surface area contributed by atoms with Crippen molar-refractivity contribution in [2.75, 3.05) is 26.2 Å². The first-order valence-electron chi connectivity index (χ1n) is 7.92. The minimum absolute atomic E-state index is 0. The molecule has 130 valence electrons. The third-order valence-corrected chi connectivity index (χ3v) is 3.29. The second kappa shape index (κ2) is 12.2. The lowest BCUT2D eigenvalue weighted by atomic mass is 9.99. The molecule has 0 heterocycles. The molecule has 0 aliphatic heterocycles. The molecule has 1 atom stereocenters. The van der Waals surface area contributed by atoms with Crippen LogP contribution in [0.3, 0.4) is 0 Å². The topological polar surface area (TPSA) is 65.5 Å². The van der Waals surface area contributed by atoms with Gasteiger partial charge in [-0.25, -0.2) is 4.99 Å². The first kappa shape index (κ1) is 21.7. The van der Waals surface area contributed by atoms with Gasteiger partial charge in [0.15, 0.2) is 5.96 Å². The Bertz CT molecular complexity index is 505. The van der Waals surface area contributed by atoms with Gasteiger partial charge in [-0.2, -0.15) is 0 Å². The number of halogens is 1. The van der Waals surface area contributed by atoms with E-state index in [1.165, 1.54) is 11.1 Å². The number of nitrogens with zero attached hydrogens (tertiary/aromatic N) is 1. The molecule has 23 heavy (non-hydrogen) atoms. The van der Waals surface area contributed by atoms with Crippen LogP contribution in [0, 0.1) is 6.92 Å². The maximum Gasteiger partial charge on any atom is 0.241 e. The number of amides is 1. The summed E-state index contributed by atoms with van der Waals surface area (Å²) < 4.78 is 0. The van der Waals surface area contributed by atoms with Gasteiger partial charge in [0.05, 0.1) is 0 Å². The van der Waals surface area contributed by atoms with E-state index >= 15 is 0 Å². The lowest BCUT2D eigenvalue weighted by Crippen LogP contribution is -2.40. The number of aryl methyl sites for hydroxylation is 1. The van der Waals surface area contributed by atoms with Crippen LogP contribution in [-0.4, -0.2) is 38.0 Å². The highest BCUT2D eigenvalue weighted by Crippen LogP contribution is 2.15. The number of aliphatic imine (C=N–C) groups is 1. The number of hydrogen-bond donors (Lipinski definition) is 3.